The Bertz CT molecular complexity index is 710. The van der Waals surface area contributed by atoms with Crippen molar-refractivity contribution in [2.75, 3.05) is 0 Å². The van der Waals surface area contributed by atoms with Crippen LogP contribution in [0, 0.1) is 17.2 Å². The molecule has 0 bridgehead atoms. The van der Waals surface area contributed by atoms with Crippen molar-refractivity contribution in [2.24, 2.45) is 5.92 Å². The number of hydrogen-bond donors (Lipinski definition) is 0. The summed E-state index contributed by atoms with van der Waals surface area (Å²) in [7, 11) is 0. The van der Waals surface area contributed by atoms with Crippen LogP contribution < -0.4 is 0 Å². The number of Topliss-reactive ketones (excluding diaryl/α,β-unsaturated/α-hetero) is 1. The topological polar surface area (TPSA) is 58.7 Å². The number of nitrogens with zero attached hydrogens (tertiary/aromatic N) is 3. The molecule has 0 saturated heterocycles. The summed E-state index contributed by atoms with van der Waals surface area (Å²) in [6.45, 7) is 4.09. The second-order valence-corrected chi connectivity index (χ2v) is 6.78. The van der Waals surface area contributed by atoms with Gasteiger partial charge in [-0.2, -0.15) is 23.5 Å². The Morgan fingerprint density at radius 1 is 1.54 bits per heavy atom. The third kappa shape index (κ3) is 3.86. The molecule has 0 N–H and O–H groups in total. The van der Waals surface area contributed by atoms with Crippen molar-refractivity contribution in [3.8, 4) is 6.07 Å². The number of alkyl halides is 3. The highest BCUT2D eigenvalue weighted by atomic mass is 19.4. The van der Waals surface area contributed by atoms with Crippen molar-refractivity contribution in [1.29, 1.82) is 5.26 Å². The first-order valence-electron chi connectivity index (χ1n) is 7.86. The fourth-order valence-electron chi connectivity index (χ4n) is 3.08. The molecule has 0 saturated carbocycles. The van der Waals surface area contributed by atoms with E-state index in [1.54, 1.807) is 19.9 Å². The van der Waals surface area contributed by atoms with Crippen molar-refractivity contribution in [3.63, 3.8) is 0 Å². The molecule has 1 unspecified atom stereocenters. The fourth-order valence-corrected chi connectivity index (χ4v) is 3.08. The number of aryl methyl sites for hydroxylation is 1. The predicted octanol–water partition coefficient (Wildman–Crippen LogP) is 3.71. The normalized spacial score (nSPS) is 21.5. The molecule has 0 aliphatic heterocycles. The Labute approximate surface area is 139 Å². The Hall–Kier alpha value is -2.10. The largest absolute Gasteiger partial charge is 0.408 e. The van der Waals surface area contributed by atoms with Gasteiger partial charge in [0.05, 0.1) is 11.3 Å². The van der Waals surface area contributed by atoms with Crippen molar-refractivity contribution in [3.05, 3.63) is 29.1 Å². The van der Waals surface area contributed by atoms with Crippen LogP contribution in [-0.4, -0.2) is 21.7 Å². The molecule has 2 rings (SSSR count). The smallest absolute Gasteiger partial charge is 0.293 e. The average molecular weight is 339 g/mol. The highest BCUT2D eigenvalue weighted by Crippen LogP contribution is 2.38. The number of halogens is 3. The summed E-state index contributed by atoms with van der Waals surface area (Å²) >= 11 is 0. The standard InChI is InChI=1S/C17H20F3N3O/c1-11(2)14(24)13(8-21)7-16(3)6-4-5-12-9-23(22-15(12)16)10-17(18,19)20/h7,9,11H,4-6,10H2,1-3H3. The minimum Gasteiger partial charge on any atom is -0.293 e. The van der Waals surface area contributed by atoms with Crippen molar-refractivity contribution < 1.29 is 18.0 Å². The highest BCUT2D eigenvalue weighted by Gasteiger charge is 2.36. The zero-order valence-corrected chi connectivity index (χ0v) is 13.9. The minimum absolute atomic E-state index is 0.0470. The Kier molecular flexibility index (Phi) is 4.88. The predicted molar refractivity (Wildman–Crippen MR) is 82.1 cm³/mol. The van der Waals surface area contributed by atoms with E-state index in [0.717, 1.165) is 16.7 Å². The number of carbonyl (C=O) groups is 1. The first kappa shape index (κ1) is 18.2. The summed E-state index contributed by atoms with van der Waals surface area (Å²) in [5, 5.41) is 13.4. The maximum atomic E-state index is 12.6. The molecule has 130 valence electrons. The van der Waals surface area contributed by atoms with E-state index in [-0.39, 0.29) is 17.3 Å². The van der Waals surface area contributed by atoms with E-state index in [9.17, 15) is 23.2 Å². The van der Waals surface area contributed by atoms with Gasteiger partial charge >= 0.3 is 6.18 Å². The van der Waals surface area contributed by atoms with Gasteiger partial charge in [0.1, 0.15) is 12.6 Å². The molecule has 0 radical (unpaired) electrons. The molecule has 1 aliphatic rings. The Morgan fingerprint density at radius 3 is 2.75 bits per heavy atom. The van der Waals surface area contributed by atoms with Crippen LogP contribution in [0.1, 0.15) is 44.9 Å². The first-order chi connectivity index (χ1) is 11.1. The van der Waals surface area contributed by atoms with Crippen molar-refractivity contribution in [2.45, 2.75) is 58.2 Å². The third-order valence-electron chi connectivity index (χ3n) is 4.24. The van der Waals surface area contributed by atoms with E-state index in [2.05, 4.69) is 5.10 Å². The number of fused-ring (bicyclic) bond motifs is 1. The summed E-state index contributed by atoms with van der Waals surface area (Å²) in [6.07, 6.45) is 0.720. The number of aromatic nitrogens is 2. The molecule has 4 nitrogen and oxygen atoms in total. The van der Waals surface area contributed by atoms with Gasteiger partial charge < -0.3 is 0 Å². The van der Waals surface area contributed by atoms with Gasteiger partial charge in [-0.05, 0) is 24.8 Å². The molecule has 0 amide bonds. The van der Waals surface area contributed by atoms with Crippen molar-refractivity contribution >= 4 is 5.78 Å². The minimum atomic E-state index is -4.34. The Balaban J connectivity index is 2.43. The van der Waals surface area contributed by atoms with Crippen LogP contribution in [0.25, 0.3) is 0 Å². The third-order valence-corrected chi connectivity index (χ3v) is 4.24. The molecule has 1 aliphatic carbocycles. The lowest BCUT2D eigenvalue weighted by atomic mass is 9.73. The van der Waals surface area contributed by atoms with Gasteiger partial charge in [0, 0.05) is 17.5 Å². The van der Waals surface area contributed by atoms with Gasteiger partial charge in [-0.15, -0.1) is 0 Å². The zero-order chi connectivity index (χ0) is 18.1. The number of hydrogen-bond acceptors (Lipinski definition) is 3. The SMILES string of the molecule is CC(C)C(=O)C(C#N)=CC1(C)CCCc2cn(CC(F)(F)F)nc21. The summed E-state index contributed by atoms with van der Waals surface area (Å²) in [4.78, 5) is 12.1. The van der Waals surface area contributed by atoms with Gasteiger partial charge in [-0.1, -0.05) is 26.8 Å². The lowest BCUT2D eigenvalue weighted by Gasteiger charge is -2.30. The first-order valence-corrected chi connectivity index (χ1v) is 7.86. The van der Waals surface area contributed by atoms with Crippen LogP contribution in [-0.2, 0) is 23.2 Å². The quantitative estimate of drug-likeness (QED) is 0.620. The molecular formula is C17H20F3N3O. The second kappa shape index (κ2) is 6.42. The maximum absolute atomic E-state index is 12.6. The summed E-state index contributed by atoms with van der Waals surface area (Å²) in [6, 6.07) is 1.93. The molecule has 24 heavy (non-hydrogen) atoms. The van der Waals surface area contributed by atoms with Crippen LogP contribution in [0.15, 0.2) is 17.8 Å². The van der Waals surface area contributed by atoms with E-state index >= 15 is 0 Å². The zero-order valence-electron chi connectivity index (χ0n) is 13.9. The molecule has 7 heteroatoms. The number of ketones is 1. The molecule has 0 spiro atoms. The van der Waals surface area contributed by atoms with E-state index in [1.807, 2.05) is 13.0 Å². The molecular weight excluding hydrogens is 319 g/mol. The number of rotatable bonds is 4. The van der Waals surface area contributed by atoms with Crippen molar-refractivity contribution in [1.82, 2.24) is 9.78 Å². The lowest BCUT2D eigenvalue weighted by molar-refractivity contribution is -0.142. The molecule has 1 aromatic heterocycles. The van der Waals surface area contributed by atoms with E-state index in [1.165, 1.54) is 6.20 Å². The van der Waals surface area contributed by atoms with Crippen LogP contribution in [0.5, 0.6) is 0 Å². The summed E-state index contributed by atoms with van der Waals surface area (Å²) < 4.78 is 38.7. The maximum Gasteiger partial charge on any atom is 0.408 e. The summed E-state index contributed by atoms with van der Waals surface area (Å²) in [5.41, 5.74) is 0.617. The van der Waals surface area contributed by atoms with Gasteiger partial charge in [-0.25, -0.2) is 0 Å². The number of carbonyl (C=O) groups excluding carboxylic acids is 1. The van der Waals surface area contributed by atoms with E-state index in [0.29, 0.717) is 18.5 Å². The average Bonchev–Trinajstić information content (AvgIpc) is 2.86. The molecule has 1 heterocycles. The van der Waals surface area contributed by atoms with Crippen LogP contribution in [0.2, 0.25) is 0 Å². The molecule has 1 atom stereocenters. The lowest BCUT2D eigenvalue weighted by Crippen LogP contribution is -2.27. The summed E-state index contributed by atoms with van der Waals surface area (Å²) in [5.74, 6) is -0.578. The van der Waals surface area contributed by atoms with Gasteiger partial charge in [0.2, 0.25) is 0 Å². The van der Waals surface area contributed by atoms with Gasteiger partial charge in [0.15, 0.2) is 5.78 Å². The number of nitriles is 1. The monoisotopic (exact) mass is 339 g/mol. The molecule has 0 aromatic carbocycles. The van der Waals surface area contributed by atoms with Gasteiger partial charge in [0.25, 0.3) is 0 Å². The fraction of sp³-hybridized carbons (Fsp3) is 0.588. The van der Waals surface area contributed by atoms with Crippen LogP contribution in [0.3, 0.4) is 0 Å². The number of allylic oxidation sites excluding steroid dienone is 2. The van der Waals surface area contributed by atoms with Gasteiger partial charge in [-0.3, -0.25) is 9.48 Å². The molecule has 1 aromatic rings. The van der Waals surface area contributed by atoms with Crippen LogP contribution in [0.4, 0.5) is 13.2 Å². The Morgan fingerprint density at radius 2 is 2.21 bits per heavy atom. The highest BCUT2D eigenvalue weighted by molar-refractivity contribution is 6.00. The van der Waals surface area contributed by atoms with E-state index in [4.69, 9.17) is 0 Å². The van der Waals surface area contributed by atoms with E-state index < -0.39 is 18.1 Å². The van der Waals surface area contributed by atoms with Crippen LogP contribution >= 0.6 is 0 Å². The second-order valence-electron chi connectivity index (χ2n) is 6.78. The molecule has 0 fully saturated rings.